The zero-order valence-electron chi connectivity index (χ0n) is 9.21. The Kier molecular flexibility index (Phi) is 3.56. The number of hydrogen-bond acceptors (Lipinski definition) is 3. The summed E-state index contributed by atoms with van der Waals surface area (Å²) < 4.78 is 28.3. The second kappa shape index (κ2) is 4.97. The highest BCUT2D eigenvalue weighted by Gasteiger charge is 2.16. The van der Waals surface area contributed by atoms with Gasteiger partial charge in [0.05, 0.1) is 0 Å². The Hall–Kier alpha value is -1.56. The molecule has 0 saturated heterocycles. The molecule has 2 rings (SSSR count). The number of nitrogens with two attached hydrogens (primary N) is 1. The molecule has 0 aliphatic heterocycles. The number of primary sulfonamides is 1. The summed E-state index contributed by atoms with van der Waals surface area (Å²) in [6.45, 7) is 0. The first-order valence-electron chi connectivity index (χ1n) is 5.02. The van der Waals surface area contributed by atoms with Crippen LogP contribution in [0.25, 0.3) is 0 Å². The molecule has 6 heteroatoms. The molecule has 2 aromatic carbocycles. The van der Waals surface area contributed by atoms with Gasteiger partial charge in [0, 0.05) is 5.02 Å². The third-order valence-electron chi connectivity index (χ3n) is 2.18. The van der Waals surface area contributed by atoms with Crippen molar-refractivity contribution in [3.8, 4) is 11.5 Å². The van der Waals surface area contributed by atoms with Gasteiger partial charge < -0.3 is 4.74 Å². The summed E-state index contributed by atoms with van der Waals surface area (Å²) in [7, 11) is -3.89. The van der Waals surface area contributed by atoms with Gasteiger partial charge in [-0.1, -0.05) is 29.8 Å². The van der Waals surface area contributed by atoms with Crippen LogP contribution in [0.2, 0.25) is 5.02 Å². The van der Waals surface area contributed by atoms with E-state index < -0.39 is 10.0 Å². The molecule has 0 bridgehead atoms. The normalized spacial score (nSPS) is 11.2. The monoisotopic (exact) mass is 283 g/mol. The number of benzene rings is 2. The lowest BCUT2D eigenvalue weighted by molar-refractivity contribution is 0.467. The Labute approximate surface area is 110 Å². The van der Waals surface area contributed by atoms with Gasteiger partial charge in [-0.15, -0.1) is 0 Å². The maximum Gasteiger partial charge on any atom is 0.241 e. The van der Waals surface area contributed by atoms with Gasteiger partial charge in [-0.3, -0.25) is 0 Å². The standard InChI is InChI=1S/C12H10ClNO3S/c13-9-6-7-11(12(8-9)18(14,15)16)17-10-4-2-1-3-5-10/h1-8H,(H2,14,15,16). The van der Waals surface area contributed by atoms with Crippen LogP contribution < -0.4 is 9.88 Å². The zero-order chi connectivity index (χ0) is 13.2. The molecule has 0 spiro atoms. The lowest BCUT2D eigenvalue weighted by Crippen LogP contribution is -2.13. The number of ether oxygens (including phenoxy) is 1. The summed E-state index contributed by atoms with van der Waals surface area (Å²) in [5.74, 6) is 0.665. The molecular formula is C12H10ClNO3S. The average molecular weight is 284 g/mol. The van der Waals surface area contributed by atoms with E-state index in [0.717, 1.165) is 0 Å². The summed E-state index contributed by atoms with van der Waals surface area (Å²) in [4.78, 5) is -0.140. The van der Waals surface area contributed by atoms with Gasteiger partial charge in [-0.2, -0.15) is 0 Å². The van der Waals surface area contributed by atoms with E-state index in [0.29, 0.717) is 5.75 Å². The fourth-order valence-corrected chi connectivity index (χ4v) is 2.32. The predicted octanol–water partition coefficient (Wildman–Crippen LogP) is 2.78. The minimum Gasteiger partial charge on any atom is -0.456 e. The van der Waals surface area contributed by atoms with Gasteiger partial charge >= 0.3 is 0 Å². The van der Waals surface area contributed by atoms with Crippen LogP contribution in [0.15, 0.2) is 53.4 Å². The van der Waals surface area contributed by atoms with Crippen LogP contribution in [-0.2, 0) is 10.0 Å². The number of rotatable bonds is 3. The van der Waals surface area contributed by atoms with Crippen LogP contribution in [0, 0.1) is 0 Å². The molecule has 2 N–H and O–H groups in total. The largest absolute Gasteiger partial charge is 0.456 e. The van der Waals surface area contributed by atoms with E-state index in [2.05, 4.69) is 0 Å². The molecule has 4 nitrogen and oxygen atoms in total. The highest BCUT2D eigenvalue weighted by molar-refractivity contribution is 7.89. The third-order valence-corrected chi connectivity index (χ3v) is 3.35. The van der Waals surface area contributed by atoms with Crippen molar-refractivity contribution in [3.63, 3.8) is 0 Å². The first-order chi connectivity index (χ1) is 8.47. The van der Waals surface area contributed by atoms with Crippen molar-refractivity contribution in [2.75, 3.05) is 0 Å². The van der Waals surface area contributed by atoms with Crippen molar-refractivity contribution in [1.29, 1.82) is 0 Å². The second-order valence-corrected chi connectivity index (χ2v) is 5.52. The highest BCUT2D eigenvalue weighted by Crippen LogP contribution is 2.30. The van der Waals surface area contributed by atoms with Crippen LogP contribution in [0.3, 0.4) is 0 Å². The summed E-state index contributed by atoms with van der Waals surface area (Å²) in [5.41, 5.74) is 0. The molecule has 0 unspecified atom stereocenters. The predicted molar refractivity (Wildman–Crippen MR) is 69.3 cm³/mol. The number of hydrogen-bond donors (Lipinski definition) is 1. The molecular weight excluding hydrogens is 274 g/mol. The maximum atomic E-state index is 11.4. The minimum atomic E-state index is -3.89. The maximum absolute atomic E-state index is 11.4. The zero-order valence-corrected chi connectivity index (χ0v) is 10.8. The summed E-state index contributed by atoms with van der Waals surface area (Å²) in [6, 6.07) is 13.1. The van der Waals surface area contributed by atoms with Crippen LogP contribution >= 0.6 is 11.6 Å². The summed E-state index contributed by atoms with van der Waals surface area (Å²) >= 11 is 5.75. The van der Waals surface area contributed by atoms with Crippen molar-refractivity contribution in [3.05, 3.63) is 53.6 Å². The lowest BCUT2D eigenvalue weighted by Gasteiger charge is -2.09. The van der Waals surface area contributed by atoms with E-state index in [1.54, 1.807) is 24.3 Å². The van der Waals surface area contributed by atoms with E-state index in [4.69, 9.17) is 21.5 Å². The van der Waals surface area contributed by atoms with E-state index in [1.165, 1.54) is 18.2 Å². The lowest BCUT2D eigenvalue weighted by atomic mass is 10.3. The summed E-state index contributed by atoms with van der Waals surface area (Å²) in [5, 5.41) is 5.39. The molecule has 0 heterocycles. The van der Waals surface area contributed by atoms with Gasteiger partial charge in [0.25, 0.3) is 0 Å². The Morgan fingerprint density at radius 3 is 2.33 bits per heavy atom. The van der Waals surface area contributed by atoms with E-state index in [-0.39, 0.29) is 15.7 Å². The SMILES string of the molecule is NS(=O)(=O)c1cc(Cl)ccc1Oc1ccccc1. The fourth-order valence-electron chi connectivity index (χ4n) is 1.40. The second-order valence-electron chi connectivity index (χ2n) is 3.55. The molecule has 0 fully saturated rings. The molecule has 0 aliphatic rings. The Morgan fingerprint density at radius 1 is 1.06 bits per heavy atom. The minimum absolute atomic E-state index is 0.140. The van der Waals surface area contributed by atoms with Gasteiger partial charge in [0.15, 0.2) is 0 Å². The molecule has 94 valence electrons. The van der Waals surface area contributed by atoms with Gasteiger partial charge in [-0.25, -0.2) is 13.6 Å². The Balaban J connectivity index is 2.46. The van der Waals surface area contributed by atoms with Gasteiger partial charge in [0.2, 0.25) is 10.0 Å². The summed E-state index contributed by atoms with van der Waals surface area (Å²) in [6.07, 6.45) is 0. The molecule has 18 heavy (non-hydrogen) atoms. The van der Waals surface area contributed by atoms with E-state index >= 15 is 0 Å². The smallest absolute Gasteiger partial charge is 0.241 e. The van der Waals surface area contributed by atoms with Crippen molar-refractivity contribution < 1.29 is 13.2 Å². The van der Waals surface area contributed by atoms with E-state index in [1.807, 2.05) is 6.07 Å². The third kappa shape index (κ3) is 3.01. The topological polar surface area (TPSA) is 69.4 Å². The van der Waals surface area contributed by atoms with Crippen molar-refractivity contribution in [2.45, 2.75) is 4.90 Å². The highest BCUT2D eigenvalue weighted by atomic mass is 35.5. The molecule has 0 atom stereocenters. The number of sulfonamides is 1. The Bertz CT molecular complexity index is 656. The first kappa shape index (κ1) is 12.9. The fraction of sp³-hybridized carbons (Fsp3) is 0. The molecule has 0 amide bonds. The molecule has 0 radical (unpaired) electrons. The Morgan fingerprint density at radius 2 is 1.72 bits per heavy atom. The van der Waals surface area contributed by atoms with Crippen molar-refractivity contribution in [2.24, 2.45) is 5.14 Å². The van der Waals surface area contributed by atoms with Crippen molar-refractivity contribution >= 4 is 21.6 Å². The number of halogens is 1. The van der Waals surface area contributed by atoms with Gasteiger partial charge in [0.1, 0.15) is 16.4 Å². The average Bonchev–Trinajstić information content (AvgIpc) is 2.31. The van der Waals surface area contributed by atoms with Crippen LogP contribution in [-0.4, -0.2) is 8.42 Å². The number of para-hydroxylation sites is 1. The van der Waals surface area contributed by atoms with Crippen molar-refractivity contribution in [1.82, 2.24) is 0 Å². The van der Waals surface area contributed by atoms with Crippen LogP contribution in [0.4, 0.5) is 0 Å². The van der Waals surface area contributed by atoms with Crippen LogP contribution in [0.5, 0.6) is 11.5 Å². The van der Waals surface area contributed by atoms with E-state index in [9.17, 15) is 8.42 Å². The first-order valence-corrected chi connectivity index (χ1v) is 6.94. The van der Waals surface area contributed by atoms with Gasteiger partial charge in [-0.05, 0) is 30.3 Å². The van der Waals surface area contributed by atoms with Crippen LogP contribution in [0.1, 0.15) is 0 Å². The quantitative estimate of drug-likeness (QED) is 0.941. The molecule has 0 aromatic heterocycles. The molecule has 2 aromatic rings. The molecule has 0 saturated carbocycles. The molecule has 0 aliphatic carbocycles.